The van der Waals surface area contributed by atoms with Crippen LogP contribution in [0.1, 0.15) is 17.2 Å². The van der Waals surface area contributed by atoms with Gasteiger partial charge in [0, 0.05) is 7.05 Å². The highest BCUT2D eigenvalue weighted by molar-refractivity contribution is 5.77. The van der Waals surface area contributed by atoms with Gasteiger partial charge in [0.05, 0.1) is 19.8 Å². The number of benzene rings is 2. The van der Waals surface area contributed by atoms with Gasteiger partial charge in [-0.3, -0.25) is 4.79 Å². The van der Waals surface area contributed by atoms with E-state index in [0.29, 0.717) is 5.75 Å². The predicted octanol–water partition coefficient (Wildman–Crippen LogP) is 2.57. The van der Waals surface area contributed by atoms with Crippen molar-refractivity contribution in [1.82, 2.24) is 4.90 Å². The molecule has 1 N–H and O–H groups in total. The average Bonchev–Trinajstić information content (AvgIpc) is 2.60. The average molecular weight is 329 g/mol. The van der Waals surface area contributed by atoms with Crippen molar-refractivity contribution in [1.29, 1.82) is 0 Å². The Bertz CT molecular complexity index is 652. The molecule has 2 aromatic carbocycles. The van der Waals surface area contributed by atoms with Crippen LogP contribution < -0.4 is 9.47 Å². The van der Waals surface area contributed by atoms with Gasteiger partial charge in [0.2, 0.25) is 0 Å². The molecule has 0 bridgehead atoms. The van der Waals surface area contributed by atoms with Crippen LogP contribution in [0.2, 0.25) is 0 Å². The number of aliphatic hydroxyl groups excluding tert-OH is 1. The fraction of sp³-hybridized carbons (Fsp3) is 0.316. The highest BCUT2D eigenvalue weighted by Crippen LogP contribution is 2.18. The van der Waals surface area contributed by atoms with Crippen molar-refractivity contribution in [2.45, 2.75) is 13.0 Å². The lowest BCUT2D eigenvalue weighted by Gasteiger charge is -2.21. The molecule has 0 radical (unpaired) electrons. The van der Waals surface area contributed by atoms with Crippen LogP contribution in [0.25, 0.3) is 0 Å². The highest BCUT2D eigenvalue weighted by Gasteiger charge is 2.16. The molecule has 1 atom stereocenters. The molecule has 0 heterocycles. The first-order chi connectivity index (χ1) is 11.5. The van der Waals surface area contributed by atoms with Gasteiger partial charge in [-0.25, -0.2) is 0 Å². The molecule has 24 heavy (non-hydrogen) atoms. The van der Waals surface area contributed by atoms with Crippen LogP contribution in [0, 0.1) is 6.92 Å². The predicted molar refractivity (Wildman–Crippen MR) is 92.3 cm³/mol. The second-order valence-electron chi connectivity index (χ2n) is 5.66. The fourth-order valence-electron chi connectivity index (χ4n) is 2.18. The molecule has 0 aliphatic rings. The molecule has 0 aliphatic heterocycles. The molecule has 0 saturated heterocycles. The minimum atomic E-state index is -0.760. The quantitative estimate of drug-likeness (QED) is 0.848. The monoisotopic (exact) mass is 329 g/mol. The molecule has 1 amide bonds. The van der Waals surface area contributed by atoms with Crippen molar-refractivity contribution in [2.24, 2.45) is 0 Å². The number of carbonyl (C=O) groups is 1. The van der Waals surface area contributed by atoms with E-state index in [-0.39, 0.29) is 19.1 Å². The Labute approximate surface area is 142 Å². The summed E-state index contributed by atoms with van der Waals surface area (Å²) >= 11 is 0. The van der Waals surface area contributed by atoms with Gasteiger partial charge in [-0.2, -0.15) is 0 Å². The van der Waals surface area contributed by atoms with E-state index >= 15 is 0 Å². The van der Waals surface area contributed by atoms with E-state index in [2.05, 4.69) is 0 Å². The molecular formula is C19H23NO4. The minimum Gasteiger partial charge on any atom is -0.497 e. The summed E-state index contributed by atoms with van der Waals surface area (Å²) in [6.07, 6.45) is -0.760. The van der Waals surface area contributed by atoms with E-state index in [1.54, 1.807) is 38.4 Å². The number of methoxy groups -OCH3 is 1. The highest BCUT2D eigenvalue weighted by atomic mass is 16.5. The third-order valence-corrected chi connectivity index (χ3v) is 3.76. The molecule has 0 fully saturated rings. The van der Waals surface area contributed by atoms with Crippen LogP contribution in [-0.2, 0) is 4.79 Å². The van der Waals surface area contributed by atoms with Crippen molar-refractivity contribution in [3.05, 3.63) is 59.7 Å². The maximum absolute atomic E-state index is 12.1. The zero-order valence-corrected chi connectivity index (χ0v) is 14.2. The van der Waals surface area contributed by atoms with Gasteiger partial charge in [-0.05, 0) is 36.8 Å². The molecule has 2 aromatic rings. The van der Waals surface area contributed by atoms with E-state index in [4.69, 9.17) is 9.47 Å². The molecule has 2 rings (SSSR count). The second kappa shape index (κ2) is 8.36. The summed E-state index contributed by atoms with van der Waals surface area (Å²) in [5.74, 6) is 1.18. The largest absolute Gasteiger partial charge is 0.497 e. The summed E-state index contributed by atoms with van der Waals surface area (Å²) in [6, 6.07) is 14.6. The molecule has 0 saturated carbocycles. The van der Waals surface area contributed by atoms with E-state index in [1.165, 1.54) is 4.90 Å². The Morgan fingerprint density at radius 1 is 1.08 bits per heavy atom. The molecule has 1 unspecified atom stereocenters. The number of carbonyl (C=O) groups excluding carboxylic acids is 1. The van der Waals surface area contributed by atoms with Crippen molar-refractivity contribution < 1.29 is 19.4 Å². The SMILES string of the molecule is COc1ccc(C(O)CN(C)C(=O)COc2ccc(C)cc2)cc1. The zero-order chi connectivity index (χ0) is 17.5. The van der Waals surface area contributed by atoms with Gasteiger partial charge in [0.15, 0.2) is 6.61 Å². The smallest absolute Gasteiger partial charge is 0.260 e. The van der Waals surface area contributed by atoms with Gasteiger partial charge in [-0.1, -0.05) is 29.8 Å². The van der Waals surface area contributed by atoms with E-state index in [1.807, 2.05) is 31.2 Å². The first kappa shape index (κ1) is 17.8. The molecule has 0 aliphatic carbocycles. The second-order valence-corrected chi connectivity index (χ2v) is 5.66. The van der Waals surface area contributed by atoms with Gasteiger partial charge < -0.3 is 19.5 Å². The Balaban J connectivity index is 1.84. The number of likely N-dealkylation sites (N-methyl/N-ethyl adjacent to an activating group) is 1. The fourth-order valence-corrected chi connectivity index (χ4v) is 2.18. The summed E-state index contributed by atoms with van der Waals surface area (Å²) in [7, 11) is 3.24. The van der Waals surface area contributed by atoms with Crippen LogP contribution in [-0.4, -0.2) is 43.2 Å². The van der Waals surface area contributed by atoms with Gasteiger partial charge in [-0.15, -0.1) is 0 Å². The number of aliphatic hydroxyl groups is 1. The lowest BCUT2D eigenvalue weighted by Crippen LogP contribution is -2.34. The molecule has 0 aromatic heterocycles. The molecule has 128 valence electrons. The topological polar surface area (TPSA) is 59.0 Å². The van der Waals surface area contributed by atoms with Crippen molar-refractivity contribution in [2.75, 3.05) is 27.3 Å². The maximum Gasteiger partial charge on any atom is 0.260 e. The van der Waals surface area contributed by atoms with Crippen molar-refractivity contribution >= 4 is 5.91 Å². The number of aryl methyl sites for hydroxylation is 1. The molecular weight excluding hydrogens is 306 g/mol. The Morgan fingerprint density at radius 2 is 1.67 bits per heavy atom. The first-order valence-corrected chi connectivity index (χ1v) is 7.75. The third-order valence-electron chi connectivity index (χ3n) is 3.76. The summed E-state index contributed by atoms with van der Waals surface area (Å²) < 4.78 is 10.6. The standard InChI is InChI=1S/C19H23NO4/c1-14-4-8-17(9-5-14)24-13-19(22)20(2)12-18(21)15-6-10-16(23-3)11-7-15/h4-11,18,21H,12-13H2,1-3H3. The van der Waals surface area contributed by atoms with E-state index in [9.17, 15) is 9.90 Å². The maximum atomic E-state index is 12.1. The minimum absolute atomic E-state index is 0.0606. The third kappa shape index (κ3) is 4.99. The summed E-state index contributed by atoms with van der Waals surface area (Å²) in [4.78, 5) is 13.6. The summed E-state index contributed by atoms with van der Waals surface area (Å²) in [5.41, 5.74) is 1.86. The number of ether oxygens (including phenoxy) is 2. The number of nitrogens with zero attached hydrogens (tertiary/aromatic N) is 1. The van der Waals surface area contributed by atoms with Crippen LogP contribution >= 0.6 is 0 Å². The first-order valence-electron chi connectivity index (χ1n) is 7.75. The lowest BCUT2D eigenvalue weighted by atomic mass is 10.1. The Hall–Kier alpha value is -2.53. The van der Waals surface area contributed by atoms with Crippen LogP contribution in [0.5, 0.6) is 11.5 Å². The number of hydrogen-bond donors (Lipinski definition) is 1. The zero-order valence-electron chi connectivity index (χ0n) is 14.2. The normalized spacial score (nSPS) is 11.7. The van der Waals surface area contributed by atoms with Crippen molar-refractivity contribution in [3.63, 3.8) is 0 Å². The van der Waals surface area contributed by atoms with Gasteiger partial charge in [0.1, 0.15) is 11.5 Å². The van der Waals surface area contributed by atoms with Crippen LogP contribution in [0.4, 0.5) is 0 Å². The number of rotatable bonds is 7. The number of amides is 1. The van der Waals surface area contributed by atoms with E-state index < -0.39 is 6.10 Å². The van der Waals surface area contributed by atoms with Crippen molar-refractivity contribution in [3.8, 4) is 11.5 Å². The summed E-state index contributed by atoms with van der Waals surface area (Å²) in [5, 5.41) is 10.2. The molecule has 5 nitrogen and oxygen atoms in total. The van der Waals surface area contributed by atoms with Gasteiger partial charge >= 0.3 is 0 Å². The Kier molecular flexibility index (Phi) is 6.21. The summed E-state index contributed by atoms with van der Waals surface area (Å²) in [6.45, 7) is 2.13. The van der Waals surface area contributed by atoms with Gasteiger partial charge in [0.25, 0.3) is 5.91 Å². The van der Waals surface area contributed by atoms with Crippen LogP contribution in [0.15, 0.2) is 48.5 Å². The lowest BCUT2D eigenvalue weighted by molar-refractivity contribution is -0.133. The number of hydrogen-bond acceptors (Lipinski definition) is 4. The molecule has 5 heteroatoms. The molecule has 0 spiro atoms. The van der Waals surface area contributed by atoms with E-state index in [0.717, 1.165) is 16.9 Å². The van der Waals surface area contributed by atoms with Crippen LogP contribution in [0.3, 0.4) is 0 Å². The Morgan fingerprint density at radius 3 is 2.25 bits per heavy atom.